The minimum Gasteiger partial charge on any atom is -0.493 e. The Bertz CT molecular complexity index is 568. The van der Waals surface area contributed by atoms with E-state index in [-0.39, 0.29) is 24.8 Å². The number of hydrogen-bond donors (Lipinski definition) is 0. The molecule has 0 fully saturated rings. The Balaban J connectivity index is 2.31. The summed E-state index contributed by atoms with van der Waals surface area (Å²) in [5.74, 6) is 0.720. The zero-order chi connectivity index (χ0) is 19.4. The lowest BCUT2D eigenvalue weighted by atomic mass is 10.0. The van der Waals surface area contributed by atoms with Crippen LogP contribution in [0.3, 0.4) is 0 Å². The highest BCUT2D eigenvalue weighted by Gasteiger charge is 2.13. The van der Waals surface area contributed by atoms with Gasteiger partial charge >= 0.3 is 11.9 Å². The highest BCUT2D eigenvalue weighted by molar-refractivity contribution is 5.75. The molecule has 0 radical (unpaired) electrons. The first-order valence-electron chi connectivity index (χ1n) is 9.51. The van der Waals surface area contributed by atoms with Crippen molar-refractivity contribution in [3.63, 3.8) is 0 Å². The van der Waals surface area contributed by atoms with Crippen LogP contribution in [0.4, 0.5) is 0 Å². The predicted molar refractivity (Wildman–Crippen MR) is 101 cm³/mol. The fourth-order valence-electron chi connectivity index (χ4n) is 2.60. The van der Waals surface area contributed by atoms with E-state index in [0.717, 1.165) is 31.2 Å². The summed E-state index contributed by atoms with van der Waals surface area (Å²) >= 11 is 0. The number of benzene rings is 1. The average Bonchev–Trinajstić information content (AvgIpc) is 2.62. The molecule has 0 saturated carbocycles. The van der Waals surface area contributed by atoms with Crippen LogP contribution in [0, 0.1) is 12.8 Å². The molecule has 5 nitrogen and oxygen atoms in total. The van der Waals surface area contributed by atoms with Crippen molar-refractivity contribution >= 4 is 11.9 Å². The minimum atomic E-state index is -0.379. The Morgan fingerprint density at radius 1 is 1.04 bits per heavy atom. The van der Waals surface area contributed by atoms with Crippen LogP contribution in [0.15, 0.2) is 18.2 Å². The standard InChI is InChI=1S/C21H32O5/c1-5-7-9-17(6-2)15-25-20(22)10-8-11-21(23)26-19-14-16(3)12-13-18(19)24-4/h12-14,17H,5-11,15H2,1-4H3. The largest absolute Gasteiger partial charge is 0.493 e. The molecule has 0 saturated heterocycles. The van der Waals surface area contributed by atoms with Crippen LogP contribution in [-0.2, 0) is 14.3 Å². The quantitative estimate of drug-likeness (QED) is 0.392. The van der Waals surface area contributed by atoms with E-state index in [9.17, 15) is 9.59 Å². The lowest BCUT2D eigenvalue weighted by molar-refractivity contribution is -0.145. The van der Waals surface area contributed by atoms with Crippen LogP contribution in [0.25, 0.3) is 0 Å². The first-order chi connectivity index (χ1) is 12.5. The van der Waals surface area contributed by atoms with Crippen LogP contribution in [-0.4, -0.2) is 25.7 Å². The van der Waals surface area contributed by atoms with Gasteiger partial charge in [-0.05, 0) is 43.4 Å². The van der Waals surface area contributed by atoms with Crippen molar-refractivity contribution in [3.05, 3.63) is 23.8 Å². The molecule has 1 unspecified atom stereocenters. The summed E-state index contributed by atoms with van der Waals surface area (Å²) in [5.41, 5.74) is 0.978. The summed E-state index contributed by atoms with van der Waals surface area (Å²) < 4.78 is 15.9. The summed E-state index contributed by atoms with van der Waals surface area (Å²) in [6.45, 7) is 6.66. The molecule has 1 rings (SSSR count). The van der Waals surface area contributed by atoms with Gasteiger partial charge in [-0.15, -0.1) is 0 Å². The molecule has 0 heterocycles. The molecule has 0 aliphatic heterocycles. The molecule has 0 N–H and O–H groups in total. The molecule has 146 valence electrons. The van der Waals surface area contributed by atoms with E-state index >= 15 is 0 Å². The van der Waals surface area contributed by atoms with Crippen molar-refractivity contribution in [2.45, 2.75) is 65.7 Å². The van der Waals surface area contributed by atoms with E-state index in [1.54, 1.807) is 12.1 Å². The van der Waals surface area contributed by atoms with Gasteiger partial charge in [0.2, 0.25) is 0 Å². The van der Waals surface area contributed by atoms with Gasteiger partial charge in [0.15, 0.2) is 11.5 Å². The van der Waals surface area contributed by atoms with Crippen LogP contribution in [0.5, 0.6) is 11.5 Å². The smallest absolute Gasteiger partial charge is 0.311 e. The van der Waals surface area contributed by atoms with Crippen molar-refractivity contribution in [2.75, 3.05) is 13.7 Å². The normalized spacial score (nSPS) is 11.7. The maximum Gasteiger partial charge on any atom is 0.311 e. The second kappa shape index (κ2) is 12.3. The van der Waals surface area contributed by atoms with E-state index in [1.165, 1.54) is 7.11 Å². The van der Waals surface area contributed by atoms with Gasteiger partial charge in [0, 0.05) is 12.8 Å². The van der Waals surface area contributed by atoms with Gasteiger partial charge in [0.25, 0.3) is 0 Å². The van der Waals surface area contributed by atoms with E-state index in [4.69, 9.17) is 14.2 Å². The number of carbonyl (C=O) groups excluding carboxylic acids is 2. The van der Waals surface area contributed by atoms with Crippen molar-refractivity contribution in [3.8, 4) is 11.5 Å². The van der Waals surface area contributed by atoms with Crippen LogP contribution >= 0.6 is 0 Å². The third kappa shape index (κ3) is 8.37. The molecule has 0 aromatic heterocycles. The Labute approximate surface area is 157 Å². The van der Waals surface area contributed by atoms with E-state index in [2.05, 4.69) is 13.8 Å². The Hall–Kier alpha value is -2.04. The third-order valence-corrected chi connectivity index (χ3v) is 4.33. The monoisotopic (exact) mass is 364 g/mol. The van der Waals surface area contributed by atoms with Crippen LogP contribution in [0.1, 0.15) is 64.4 Å². The van der Waals surface area contributed by atoms with Gasteiger partial charge in [0.05, 0.1) is 13.7 Å². The molecule has 5 heteroatoms. The molecule has 0 amide bonds. The van der Waals surface area contributed by atoms with E-state index in [1.807, 2.05) is 13.0 Å². The summed E-state index contributed by atoms with van der Waals surface area (Å²) in [5, 5.41) is 0. The maximum absolute atomic E-state index is 12.0. The van der Waals surface area contributed by atoms with Gasteiger partial charge in [-0.3, -0.25) is 9.59 Å². The average molecular weight is 364 g/mol. The maximum atomic E-state index is 12.0. The number of methoxy groups -OCH3 is 1. The molecule has 0 bridgehead atoms. The molecule has 1 aromatic rings. The van der Waals surface area contributed by atoms with Gasteiger partial charge in [-0.2, -0.15) is 0 Å². The Kier molecular flexibility index (Phi) is 10.4. The molecule has 1 atom stereocenters. The second-order valence-corrected chi connectivity index (χ2v) is 6.58. The zero-order valence-corrected chi connectivity index (χ0v) is 16.5. The Morgan fingerprint density at radius 2 is 1.77 bits per heavy atom. The number of ether oxygens (including phenoxy) is 3. The van der Waals surface area contributed by atoms with Crippen molar-refractivity contribution in [1.29, 1.82) is 0 Å². The molecule has 0 aliphatic rings. The predicted octanol–water partition coefficient (Wildman–Crippen LogP) is 4.84. The Morgan fingerprint density at radius 3 is 2.42 bits per heavy atom. The number of esters is 2. The molecule has 26 heavy (non-hydrogen) atoms. The number of aryl methyl sites for hydroxylation is 1. The number of carbonyl (C=O) groups is 2. The van der Waals surface area contributed by atoms with Gasteiger partial charge in [-0.25, -0.2) is 0 Å². The molecular formula is C21H32O5. The molecule has 0 aliphatic carbocycles. The van der Waals surface area contributed by atoms with E-state index < -0.39 is 0 Å². The summed E-state index contributed by atoms with van der Waals surface area (Å²) in [4.78, 5) is 23.8. The highest BCUT2D eigenvalue weighted by atomic mass is 16.6. The van der Waals surface area contributed by atoms with Crippen molar-refractivity contribution in [2.24, 2.45) is 5.92 Å². The summed E-state index contributed by atoms with van der Waals surface area (Å²) in [6, 6.07) is 5.40. The molecule has 0 spiro atoms. The highest BCUT2D eigenvalue weighted by Crippen LogP contribution is 2.28. The van der Waals surface area contributed by atoms with E-state index in [0.29, 0.717) is 30.4 Å². The van der Waals surface area contributed by atoms with Crippen LogP contribution in [0.2, 0.25) is 0 Å². The summed E-state index contributed by atoms with van der Waals surface area (Å²) in [7, 11) is 1.53. The van der Waals surface area contributed by atoms with Gasteiger partial charge in [-0.1, -0.05) is 39.2 Å². The van der Waals surface area contributed by atoms with Gasteiger partial charge in [0.1, 0.15) is 0 Å². The van der Waals surface area contributed by atoms with Crippen molar-refractivity contribution in [1.82, 2.24) is 0 Å². The number of rotatable bonds is 12. The van der Waals surface area contributed by atoms with Crippen molar-refractivity contribution < 1.29 is 23.8 Å². The fraction of sp³-hybridized carbons (Fsp3) is 0.619. The third-order valence-electron chi connectivity index (χ3n) is 4.33. The SMILES string of the molecule is CCCCC(CC)COC(=O)CCCC(=O)Oc1cc(C)ccc1OC. The first-order valence-corrected chi connectivity index (χ1v) is 9.51. The number of unbranched alkanes of at least 4 members (excludes halogenated alkanes) is 1. The fourth-order valence-corrected chi connectivity index (χ4v) is 2.60. The minimum absolute atomic E-state index is 0.166. The van der Waals surface area contributed by atoms with Gasteiger partial charge < -0.3 is 14.2 Å². The zero-order valence-electron chi connectivity index (χ0n) is 16.5. The molecular weight excluding hydrogens is 332 g/mol. The summed E-state index contributed by atoms with van der Waals surface area (Å²) in [6.07, 6.45) is 5.21. The molecule has 1 aromatic carbocycles. The second-order valence-electron chi connectivity index (χ2n) is 6.58. The van der Waals surface area contributed by atoms with Crippen LogP contribution < -0.4 is 9.47 Å². The first kappa shape index (κ1) is 22.0. The lowest BCUT2D eigenvalue weighted by Crippen LogP contribution is -2.15. The number of hydrogen-bond acceptors (Lipinski definition) is 5. The topological polar surface area (TPSA) is 61.8 Å². The lowest BCUT2D eigenvalue weighted by Gasteiger charge is -2.14.